The molecule has 0 spiro atoms. The number of nitrogens with zero attached hydrogens (tertiary/aromatic N) is 1. The third-order valence-electron chi connectivity index (χ3n) is 3.14. The van der Waals surface area contributed by atoms with E-state index < -0.39 is 0 Å². The van der Waals surface area contributed by atoms with Crippen molar-refractivity contribution < 1.29 is 9.53 Å². The monoisotopic (exact) mass is 199 g/mol. The fraction of sp³-hybridized carbons (Fsp3) is 0.909. The summed E-state index contributed by atoms with van der Waals surface area (Å²) in [5.74, 6) is 0.415. The Kier molecular flexibility index (Phi) is 4.55. The number of carbonyl (C=O) groups excluding carboxylic acids is 1. The molecule has 1 rings (SSSR count). The first-order valence-electron chi connectivity index (χ1n) is 5.37. The molecule has 0 aromatic heterocycles. The molecule has 3 heteroatoms. The van der Waals surface area contributed by atoms with Crippen LogP contribution in [0.5, 0.6) is 0 Å². The van der Waals surface area contributed by atoms with Gasteiger partial charge >= 0.3 is 0 Å². The van der Waals surface area contributed by atoms with Crippen molar-refractivity contribution in [3.63, 3.8) is 0 Å². The van der Waals surface area contributed by atoms with Gasteiger partial charge in [-0.05, 0) is 26.8 Å². The minimum absolute atomic E-state index is 0.399. The van der Waals surface area contributed by atoms with Crippen LogP contribution in [0.25, 0.3) is 0 Å². The molecule has 0 N–H and O–H groups in total. The lowest BCUT2D eigenvalue weighted by Gasteiger charge is -2.34. The maximum atomic E-state index is 11.3. The topological polar surface area (TPSA) is 29.5 Å². The van der Waals surface area contributed by atoms with Gasteiger partial charge in [-0.15, -0.1) is 0 Å². The van der Waals surface area contributed by atoms with Crippen LogP contribution in [0, 0.1) is 0 Å². The van der Waals surface area contributed by atoms with Gasteiger partial charge in [0, 0.05) is 32.0 Å². The summed E-state index contributed by atoms with van der Waals surface area (Å²) in [7, 11) is 3.81. The van der Waals surface area contributed by atoms with Crippen LogP contribution in [-0.2, 0) is 9.53 Å². The van der Waals surface area contributed by atoms with E-state index in [1.807, 2.05) is 0 Å². The van der Waals surface area contributed by atoms with Crippen molar-refractivity contribution in [1.29, 1.82) is 0 Å². The number of likely N-dealkylation sites (N-methyl/N-ethyl adjacent to an activating group) is 1. The highest BCUT2D eigenvalue weighted by Gasteiger charge is 2.25. The molecule has 82 valence electrons. The zero-order chi connectivity index (χ0) is 10.6. The highest BCUT2D eigenvalue weighted by atomic mass is 16.5. The van der Waals surface area contributed by atoms with Gasteiger partial charge in [0.05, 0.1) is 6.61 Å². The number of Topliss-reactive ketones (excluding diaryl/α,β-unsaturated/α-hetero) is 1. The maximum Gasteiger partial charge on any atom is 0.134 e. The molecule has 2 unspecified atom stereocenters. The lowest BCUT2D eigenvalue weighted by atomic mass is 9.93. The van der Waals surface area contributed by atoms with E-state index in [9.17, 15) is 4.79 Å². The molecule has 0 aromatic rings. The van der Waals surface area contributed by atoms with Gasteiger partial charge in [-0.25, -0.2) is 0 Å². The second-order valence-corrected chi connectivity index (χ2v) is 4.26. The van der Waals surface area contributed by atoms with Gasteiger partial charge in [0.1, 0.15) is 5.78 Å². The molecule has 0 heterocycles. The number of rotatable bonds is 4. The SMILES string of the molecule is COCC(C)N(C)C1CCCC(=O)C1. The predicted octanol–water partition coefficient (Wildman–Crippen LogP) is 1.46. The molecule has 1 fully saturated rings. The number of ketones is 1. The van der Waals surface area contributed by atoms with E-state index in [1.165, 1.54) is 0 Å². The van der Waals surface area contributed by atoms with Crippen LogP contribution in [0.1, 0.15) is 32.6 Å². The van der Waals surface area contributed by atoms with Crippen molar-refractivity contribution in [2.75, 3.05) is 20.8 Å². The Bertz CT molecular complexity index is 194. The van der Waals surface area contributed by atoms with Crippen molar-refractivity contribution >= 4 is 5.78 Å². The van der Waals surface area contributed by atoms with E-state index >= 15 is 0 Å². The van der Waals surface area contributed by atoms with Crippen molar-refractivity contribution in [2.45, 2.75) is 44.7 Å². The quantitative estimate of drug-likeness (QED) is 0.686. The van der Waals surface area contributed by atoms with Crippen LogP contribution in [-0.4, -0.2) is 43.5 Å². The van der Waals surface area contributed by atoms with Crippen molar-refractivity contribution in [3.8, 4) is 0 Å². The molecule has 1 aliphatic rings. The summed E-state index contributed by atoms with van der Waals surface area (Å²) in [6.45, 7) is 2.88. The third-order valence-corrected chi connectivity index (χ3v) is 3.14. The molecule has 14 heavy (non-hydrogen) atoms. The molecule has 1 saturated carbocycles. The fourth-order valence-corrected chi connectivity index (χ4v) is 2.07. The van der Waals surface area contributed by atoms with E-state index in [4.69, 9.17) is 4.74 Å². The zero-order valence-corrected chi connectivity index (χ0v) is 9.45. The Labute approximate surface area is 86.4 Å². The number of carbonyl (C=O) groups is 1. The minimum atomic E-state index is 0.399. The highest BCUT2D eigenvalue weighted by Crippen LogP contribution is 2.20. The van der Waals surface area contributed by atoms with E-state index in [1.54, 1.807) is 7.11 Å². The van der Waals surface area contributed by atoms with Crippen LogP contribution < -0.4 is 0 Å². The molecule has 0 aliphatic heterocycles. The summed E-state index contributed by atoms with van der Waals surface area (Å²) in [5.41, 5.74) is 0. The first-order valence-corrected chi connectivity index (χ1v) is 5.37. The second kappa shape index (κ2) is 5.47. The summed E-state index contributed by atoms with van der Waals surface area (Å²) >= 11 is 0. The van der Waals surface area contributed by atoms with Crippen LogP contribution in [0.2, 0.25) is 0 Å². The average Bonchev–Trinajstić information content (AvgIpc) is 2.17. The van der Waals surface area contributed by atoms with Crippen LogP contribution in [0.3, 0.4) is 0 Å². The van der Waals surface area contributed by atoms with Gasteiger partial charge in [0.25, 0.3) is 0 Å². The number of methoxy groups -OCH3 is 1. The normalized spacial score (nSPS) is 25.4. The van der Waals surface area contributed by atoms with Gasteiger partial charge in [-0.3, -0.25) is 9.69 Å². The summed E-state index contributed by atoms with van der Waals surface area (Å²) in [6.07, 6.45) is 3.71. The van der Waals surface area contributed by atoms with E-state index in [-0.39, 0.29) is 0 Å². The Balaban J connectivity index is 2.42. The zero-order valence-electron chi connectivity index (χ0n) is 9.45. The number of hydrogen-bond acceptors (Lipinski definition) is 3. The Morgan fingerprint density at radius 1 is 1.64 bits per heavy atom. The van der Waals surface area contributed by atoms with Crippen molar-refractivity contribution in [1.82, 2.24) is 4.90 Å². The smallest absolute Gasteiger partial charge is 0.134 e. The van der Waals surface area contributed by atoms with Gasteiger partial charge in [-0.2, -0.15) is 0 Å². The summed E-state index contributed by atoms with van der Waals surface area (Å²) in [4.78, 5) is 13.6. The molecule has 0 radical (unpaired) electrons. The van der Waals surface area contributed by atoms with Crippen LogP contribution in [0.4, 0.5) is 0 Å². The standard InChI is InChI=1S/C11H21NO2/c1-9(8-14-3)12(2)10-5-4-6-11(13)7-10/h9-10H,4-8H2,1-3H3. The van der Waals surface area contributed by atoms with Crippen LogP contribution in [0.15, 0.2) is 0 Å². The van der Waals surface area contributed by atoms with Crippen molar-refractivity contribution in [3.05, 3.63) is 0 Å². The molecule has 0 amide bonds. The summed E-state index contributed by atoms with van der Waals surface area (Å²) < 4.78 is 5.12. The summed E-state index contributed by atoms with van der Waals surface area (Å²) in [6, 6.07) is 0.831. The van der Waals surface area contributed by atoms with Crippen LogP contribution >= 0.6 is 0 Å². The highest BCUT2D eigenvalue weighted by molar-refractivity contribution is 5.79. The van der Waals surface area contributed by atoms with E-state index in [2.05, 4.69) is 18.9 Å². The number of hydrogen-bond donors (Lipinski definition) is 0. The number of ether oxygens (including phenoxy) is 1. The van der Waals surface area contributed by atoms with Gasteiger partial charge < -0.3 is 4.74 Å². The molecule has 0 aromatic carbocycles. The summed E-state index contributed by atoms with van der Waals surface area (Å²) in [5, 5.41) is 0. The third kappa shape index (κ3) is 3.07. The second-order valence-electron chi connectivity index (χ2n) is 4.26. The Morgan fingerprint density at radius 3 is 2.93 bits per heavy atom. The minimum Gasteiger partial charge on any atom is -0.383 e. The van der Waals surface area contributed by atoms with Gasteiger partial charge in [0.15, 0.2) is 0 Å². The Hall–Kier alpha value is -0.410. The molecule has 3 nitrogen and oxygen atoms in total. The van der Waals surface area contributed by atoms with E-state index in [0.717, 1.165) is 32.3 Å². The van der Waals surface area contributed by atoms with Gasteiger partial charge in [0.2, 0.25) is 0 Å². The molecule has 2 atom stereocenters. The molecule has 0 saturated heterocycles. The molecular weight excluding hydrogens is 178 g/mol. The average molecular weight is 199 g/mol. The predicted molar refractivity (Wildman–Crippen MR) is 56.4 cm³/mol. The van der Waals surface area contributed by atoms with Crippen molar-refractivity contribution in [2.24, 2.45) is 0 Å². The molecule has 0 bridgehead atoms. The lowest BCUT2D eigenvalue weighted by Crippen LogP contribution is -2.43. The fourth-order valence-electron chi connectivity index (χ4n) is 2.07. The maximum absolute atomic E-state index is 11.3. The first kappa shape index (κ1) is 11.7. The largest absolute Gasteiger partial charge is 0.383 e. The van der Waals surface area contributed by atoms with Gasteiger partial charge in [-0.1, -0.05) is 0 Å². The Morgan fingerprint density at radius 2 is 2.36 bits per heavy atom. The molecule has 1 aliphatic carbocycles. The molecular formula is C11H21NO2. The van der Waals surface area contributed by atoms with E-state index in [0.29, 0.717) is 17.9 Å². The lowest BCUT2D eigenvalue weighted by molar-refractivity contribution is -0.122. The first-order chi connectivity index (χ1) is 6.65.